The second-order valence-corrected chi connectivity index (χ2v) is 9.12. The van der Waals surface area contributed by atoms with E-state index < -0.39 is 5.82 Å². The molecular weight excluding hydrogens is 407 g/mol. The predicted octanol–water partition coefficient (Wildman–Crippen LogP) is 4.11. The van der Waals surface area contributed by atoms with Crippen LogP contribution < -0.4 is 4.74 Å². The maximum Gasteiger partial charge on any atom is 0.256 e. The van der Waals surface area contributed by atoms with Gasteiger partial charge in [-0.25, -0.2) is 4.39 Å². The van der Waals surface area contributed by atoms with Crippen LogP contribution in [0.4, 0.5) is 4.39 Å². The summed E-state index contributed by atoms with van der Waals surface area (Å²) in [7, 11) is 0. The number of aliphatic hydroxyl groups excluding tert-OH is 1. The lowest BCUT2D eigenvalue weighted by Crippen LogP contribution is -2.41. The Kier molecular flexibility index (Phi) is 7.43. The first-order valence-corrected chi connectivity index (χ1v) is 11.7. The molecule has 3 heterocycles. The SMILES string of the molecule is O=C(c1ccccc1F)N1CCCCC2(CO)CCN(CC2)Cc2ccccc2OCC1. The highest BCUT2D eigenvalue weighted by Gasteiger charge is 2.34. The number of halogens is 1. The van der Waals surface area contributed by atoms with Crippen LogP contribution in [-0.4, -0.2) is 60.2 Å². The van der Waals surface area contributed by atoms with Crippen LogP contribution in [-0.2, 0) is 6.54 Å². The maximum absolute atomic E-state index is 14.3. The Balaban J connectivity index is 1.54. The van der Waals surface area contributed by atoms with Gasteiger partial charge in [-0.3, -0.25) is 9.69 Å². The Bertz CT molecular complexity index is 911. The molecule has 2 bridgehead atoms. The third-order valence-electron chi connectivity index (χ3n) is 7.01. The number of hydrogen-bond acceptors (Lipinski definition) is 4. The molecule has 0 atom stereocenters. The van der Waals surface area contributed by atoms with Crippen molar-refractivity contribution in [2.75, 3.05) is 39.4 Å². The number of hydrogen-bond donors (Lipinski definition) is 1. The molecule has 1 fully saturated rings. The molecule has 3 aliphatic rings. The molecule has 0 unspecified atom stereocenters. The van der Waals surface area contributed by atoms with Gasteiger partial charge in [-0.05, 0) is 62.4 Å². The van der Waals surface area contributed by atoms with Crippen LogP contribution in [0.3, 0.4) is 0 Å². The normalized spacial score (nSPS) is 24.7. The van der Waals surface area contributed by atoms with Crippen molar-refractivity contribution in [2.45, 2.75) is 38.6 Å². The fourth-order valence-corrected chi connectivity index (χ4v) is 4.88. The molecule has 1 saturated heterocycles. The van der Waals surface area contributed by atoms with E-state index in [1.807, 2.05) is 18.2 Å². The van der Waals surface area contributed by atoms with Gasteiger partial charge in [-0.15, -0.1) is 0 Å². The summed E-state index contributed by atoms with van der Waals surface area (Å²) in [6.07, 6.45) is 4.66. The summed E-state index contributed by atoms with van der Waals surface area (Å²) in [5.41, 5.74) is 1.20. The van der Waals surface area contributed by atoms with E-state index in [9.17, 15) is 14.3 Å². The van der Waals surface area contributed by atoms with Crippen molar-refractivity contribution in [2.24, 2.45) is 5.41 Å². The Morgan fingerprint density at radius 2 is 1.72 bits per heavy atom. The van der Waals surface area contributed by atoms with E-state index in [0.717, 1.165) is 63.1 Å². The van der Waals surface area contributed by atoms with Gasteiger partial charge >= 0.3 is 0 Å². The van der Waals surface area contributed by atoms with Crippen LogP contribution in [0.5, 0.6) is 5.75 Å². The smallest absolute Gasteiger partial charge is 0.256 e. The predicted molar refractivity (Wildman–Crippen MR) is 122 cm³/mol. The van der Waals surface area contributed by atoms with Crippen LogP contribution in [0.1, 0.15) is 48.0 Å². The summed E-state index contributed by atoms with van der Waals surface area (Å²) in [5, 5.41) is 10.1. The fraction of sp³-hybridized carbons (Fsp3) is 0.500. The number of ether oxygens (including phenoxy) is 1. The van der Waals surface area contributed by atoms with Crippen LogP contribution in [0.15, 0.2) is 48.5 Å². The number of aliphatic hydroxyl groups is 1. The largest absolute Gasteiger partial charge is 0.491 e. The molecule has 1 amide bonds. The summed E-state index contributed by atoms with van der Waals surface area (Å²) in [4.78, 5) is 17.2. The van der Waals surface area contributed by atoms with Gasteiger partial charge in [0.05, 0.1) is 12.1 Å². The molecule has 172 valence electrons. The minimum Gasteiger partial charge on any atom is -0.491 e. The third-order valence-corrected chi connectivity index (χ3v) is 7.01. The standard InChI is InChI=1S/C26H33FN2O3/c27-23-9-3-2-8-22(23)25(31)29-14-6-5-11-26(20-30)12-15-28(16-13-26)19-21-7-1-4-10-24(21)32-18-17-29/h1-4,7-10,30H,5-6,11-20H2. The lowest BCUT2D eigenvalue weighted by atomic mass is 9.75. The van der Waals surface area contributed by atoms with Gasteiger partial charge in [0.1, 0.15) is 18.2 Å². The number of para-hydroxylation sites is 1. The van der Waals surface area contributed by atoms with Crippen molar-refractivity contribution in [1.82, 2.24) is 9.80 Å². The van der Waals surface area contributed by atoms with Crippen LogP contribution in [0.25, 0.3) is 0 Å². The van der Waals surface area contributed by atoms with Gasteiger partial charge in [0, 0.05) is 25.3 Å². The first-order chi connectivity index (χ1) is 15.6. The molecule has 32 heavy (non-hydrogen) atoms. The molecule has 2 aromatic carbocycles. The number of amides is 1. The highest BCUT2D eigenvalue weighted by atomic mass is 19.1. The number of nitrogens with zero attached hydrogens (tertiary/aromatic N) is 2. The monoisotopic (exact) mass is 440 g/mol. The van der Waals surface area contributed by atoms with Gasteiger partial charge in [0.15, 0.2) is 0 Å². The Morgan fingerprint density at radius 1 is 0.969 bits per heavy atom. The van der Waals surface area contributed by atoms with Crippen molar-refractivity contribution in [3.8, 4) is 5.75 Å². The maximum atomic E-state index is 14.3. The summed E-state index contributed by atoms with van der Waals surface area (Å²) < 4.78 is 20.4. The number of carbonyl (C=O) groups is 1. The number of carbonyl (C=O) groups excluding carboxylic acids is 1. The average molecular weight is 441 g/mol. The average Bonchev–Trinajstić information content (AvgIpc) is 2.83. The molecule has 0 aliphatic carbocycles. The van der Waals surface area contributed by atoms with E-state index in [1.54, 1.807) is 17.0 Å². The van der Waals surface area contributed by atoms with E-state index in [-0.39, 0.29) is 23.5 Å². The molecule has 5 nitrogen and oxygen atoms in total. The number of rotatable bonds is 2. The molecule has 2 aromatic rings. The molecule has 0 radical (unpaired) electrons. The molecule has 6 heteroatoms. The van der Waals surface area contributed by atoms with Gasteiger partial charge in [-0.1, -0.05) is 36.8 Å². The van der Waals surface area contributed by atoms with Crippen molar-refractivity contribution in [3.63, 3.8) is 0 Å². The molecule has 5 rings (SSSR count). The summed E-state index contributed by atoms with van der Waals surface area (Å²) in [6.45, 7) is 4.26. The molecule has 0 aromatic heterocycles. The van der Waals surface area contributed by atoms with Crippen molar-refractivity contribution in [1.29, 1.82) is 0 Å². The van der Waals surface area contributed by atoms with Gasteiger partial charge in [-0.2, -0.15) is 0 Å². The fourth-order valence-electron chi connectivity index (χ4n) is 4.88. The van der Waals surface area contributed by atoms with Crippen molar-refractivity contribution < 1.29 is 19.0 Å². The van der Waals surface area contributed by atoms with E-state index >= 15 is 0 Å². The summed E-state index contributed by atoms with van der Waals surface area (Å²) >= 11 is 0. The first kappa shape index (κ1) is 22.7. The second kappa shape index (κ2) is 10.5. The molecule has 1 N–H and O–H groups in total. The van der Waals surface area contributed by atoms with Crippen LogP contribution >= 0.6 is 0 Å². The Labute approximate surface area is 189 Å². The molecular formula is C26H33FN2O3. The minimum absolute atomic E-state index is 0.0346. The molecule has 0 saturated carbocycles. The summed E-state index contributed by atoms with van der Waals surface area (Å²) in [5.74, 6) is 0.0396. The van der Waals surface area contributed by atoms with Crippen LogP contribution in [0.2, 0.25) is 0 Å². The van der Waals surface area contributed by atoms with Gasteiger partial charge < -0.3 is 14.7 Å². The minimum atomic E-state index is -0.495. The zero-order valence-corrected chi connectivity index (χ0v) is 18.6. The first-order valence-electron chi connectivity index (χ1n) is 11.7. The highest BCUT2D eigenvalue weighted by Crippen LogP contribution is 2.37. The zero-order chi connectivity index (χ0) is 22.4. The number of benzene rings is 2. The van der Waals surface area contributed by atoms with Crippen molar-refractivity contribution >= 4 is 5.91 Å². The van der Waals surface area contributed by atoms with E-state index in [4.69, 9.17) is 4.74 Å². The quantitative estimate of drug-likeness (QED) is 0.764. The molecule has 0 spiro atoms. The van der Waals surface area contributed by atoms with E-state index in [1.165, 1.54) is 12.1 Å². The zero-order valence-electron chi connectivity index (χ0n) is 18.6. The number of piperidine rings is 1. The summed E-state index contributed by atoms with van der Waals surface area (Å²) in [6, 6.07) is 14.2. The molecule has 3 aliphatic heterocycles. The number of fused-ring (bicyclic) bond motifs is 9. The lowest BCUT2D eigenvalue weighted by molar-refractivity contribution is 0.0319. The third kappa shape index (κ3) is 5.30. The van der Waals surface area contributed by atoms with E-state index in [0.29, 0.717) is 19.7 Å². The van der Waals surface area contributed by atoms with E-state index in [2.05, 4.69) is 11.0 Å². The second-order valence-electron chi connectivity index (χ2n) is 9.12. The lowest BCUT2D eigenvalue weighted by Gasteiger charge is -2.41. The van der Waals surface area contributed by atoms with Crippen molar-refractivity contribution in [3.05, 3.63) is 65.5 Å². The Hall–Kier alpha value is -2.44. The highest BCUT2D eigenvalue weighted by molar-refractivity contribution is 5.94. The topological polar surface area (TPSA) is 53.0 Å². The Morgan fingerprint density at radius 3 is 2.50 bits per heavy atom. The van der Waals surface area contributed by atoms with Crippen LogP contribution in [0, 0.1) is 11.2 Å². The van der Waals surface area contributed by atoms with Gasteiger partial charge in [0.25, 0.3) is 5.91 Å². The van der Waals surface area contributed by atoms with Gasteiger partial charge in [0.2, 0.25) is 0 Å².